The quantitative estimate of drug-likeness (QED) is 0.137. The van der Waals surface area contributed by atoms with Crippen LogP contribution in [0.5, 0.6) is 0 Å². The average molecular weight is 915 g/mol. The predicted molar refractivity (Wildman–Crippen MR) is 221 cm³/mol. The lowest BCUT2D eigenvalue weighted by atomic mass is 9.33. The zero-order chi connectivity index (χ0) is 46.7. The molecule has 8 aliphatic rings. The molecule has 0 spiro atoms. The summed E-state index contributed by atoms with van der Waals surface area (Å²) in [6.07, 6.45) is -14.4. The third-order valence-electron chi connectivity index (χ3n) is 18.8. The van der Waals surface area contributed by atoms with Crippen molar-refractivity contribution in [1.29, 1.82) is 0 Å². The Kier molecular flexibility index (Phi) is 13.2. The third-order valence-corrected chi connectivity index (χ3v) is 18.8. The molecule has 0 radical (unpaired) electrons. The highest BCUT2D eigenvalue weighted by atomic mass is 16.8. The van der Waals surface area contributed by atoms with Crippen LogP contribution in [0.15, 0.2) is 11.6 Å². The van der Waals surface area contributed by atoms with Crippen LogP contribution in [0.1, 0.15) is 106 Å². The van der Waals surface area contributed by atoms with Gasteiger partial charge in [-0.3, -0.25) is 4.79 Å². The maximum atomic E-state index is 13.1. The number of hydrogen-bond donors (Lipinski definition) is 11. The molecule has 64 heavy (non-hydrogen) atoms. The Morgan fingerprint density at radius 1 is 0.750 bits per heavy atom. The van der Waals surface area contributed by atoms with Gasteiger partial charge in [0.2, 0.25) is 0 Å². The molecule has 3 aliphatic heterocycles. The van der Waals surface area contributed by atoms with E-state index in [1.807, 2.05) is 13.8 Å². The number of ether oxygens (including phenoxy) is 6. The Balaban J connectivity index is 1.09. The minimum atomic E-state index is -1.80. The SMILES string of the molecule is C[C@H]1O[C@@H](O[C@H]2[C@H](OC[C@]3(C)C4CC[C@]5(C)[C@H](CC=C6[C@@H]7C[C@](C)(O)CC[C@]7(C(=O)O)CC[C@]65C)[C@@]4(C)CC[C@@H]3O)O[C@H](CO)[C@@H](O)[C@@H]2O[C@@H]2OC[C@H](O)[C@H](O)[C@H]2O)[C@H](O)[C@@H](O)[C@H]1O. The van der Waals surface area contributed by atoms with Gasteiger partial charge in [-0.2, -0.15) is 0 Å². The van der Waals surface area contributed by atoms with Crippen molar-refractivity contribution in [3.05, 3.63) is 11.6 Å². The van der Waals surface area contributed by atoms with E-state index in [1.54, 1.807) is 0 Å². The molecule has 8 rings (SSSR count). The normalized spacial score (nSPS) is 56.5. The van der Waals surface area contributed by atoms with E-state index in [0.717, 1.165) is 32.1 Å². The molecule has 7 fully saturated rings. The maximum absolute atomic E-state index is 13.1. The molecule has 3 heterocycles. The van der Waals surface area contributed by atoms with E-state index in [0.29, 0.717) is 32.1 Å². The second-order valence-corrected chi connectivity index (χ2v) is 22.2. The molecule has 0 aromatic rings. The highest BCUT2D eigenvalue weighted by Gasteiger charge is 2.70. The van der Waals surface area contributed by atoms with Crippen molar-refractivity contribution in [1.82, 2.24) is 0 Å². The molecular weight excluding hydrogens is 840 g/mol. The van der Waals surface area contributed by atoms with Gasteiger partial charge in [0.15, 0.2) is 18.9 Å². The Bertz CT molecular complexity index is 1750. The van der Waals surface area contributed by atoms with E-state index < -0.39 is 128 Å². The number of carboxylic acid groups (broad SMARTS) is 1. The van der Waals surface area contributed by atoms with Gasteiger partial charge in [-0.1, -0.05) is 39.3 Å². The third kappa shape index (κ3) is 7.56. The first kappa shape index (κ1) is 49.0. The maximum Gasteiger partial charge on any atom is 0.310 e. The largest absolute Gasteiger partial charge is 0.481 e. The van der Waals surface area contributed by atoms with Crippen LogP contribution < -0.4 is 0 Å². The summed E-state index contributed by atoms with van der Waals surface area (Å²) in [4.78, 5) is 13.1. The molecule has 1 unspecified atom stereocenters. The molecule has 0 aromatic carbocycles. The van der Waals surface area contributed by atoms with E-state index in [1.165, 1.54) is 12.5 Å². The minimum Gasteiger partial charge on any atom is -0.481 e. The number of hydrogen-bond acceptors (Lipinski definition) is 17. The molecule has 18 nitrogen and oxygen atoms in total. The number of rotatable bonds is 9. The standard InChI is InChI=1S/C46H74O18/c1-21-29(50)32(53)34(55)38(61-21)64-36-35(63-37-33(54)30(51)24(48)19-59-37)31(52)25(18-47)62-39(36)60-20-43(4)26-9-12-45(6)27(42(26,3)11-10-28(43)49)8-7-22-23-17-41(2,58)13-15-46(23,40(56)57)16-14-44(22,45)5/h7,21,23-39,47-55,58H,8-20H2,1-6H3,(H,56,57)/t21-,23+,24+,25-,26?,27-,28+,29+,30+,31-,32+,33-,34-,35+,36-,37+,38+,39-,41-,42+,43-,44-,45-,46+/m1/s1. The fourth-order valence-corrected chi connectivity index (χ4v) is 14.5. The van der Waals surface area contributed by atoms with Gasteiger partial charge in [-0.25, -0.2) is 0 Å². The molecule has 18 heteroatoms. The Hall–Kier alpha value is -1.43. The number of fused-ring (bicyclic) bond motifs is 7. The predicted octanol–water partition coefficient (Wildman–Crippen LogP) is 0.0701. The van der Waals surface area contributed by atoms with Gasteiger partial charge in [-0.15, -0.1) is 0 Å². The molecule has 0 bridgehead atoms. The molecule has 0 aromatic heterocycles. The zero-order valence-electron chi connectivity index (χ0n) is 37.9. The van der Waals surface area contributed by atoms with Crippen molar-refractivity contribution >= 4 is 5.97 Å². The molecular formula is C46H74O18. The molecule has 5 aliphatic carbocycles. The first-order valence-corrected chi connectivity index (χ1v) is 23.5. The lowest BCUT2D eigenvalue weighted by molar-refractivity contribution is -0.389. The number of aliphatic hydroxyl groups excluding tert-OH is 9. The summed E-state index contributed by atoms with van der Waals surface area (Å²) in [7, 11) is 0. The Morgan fingerprint density at radius 3 is 2.11 bits per heavy atom. The average Bonchev–Trinajstić information content (AvgIpc) is 3.24. The van der Waals surface area contributed by atoms with Crippen molar-refractivity contribution in [2.45, 2.75) is 203 Å². The van der Waals surface area contributed by atoms with Crippen LogP contribution in [0.3, 0.4) is 0 Å². The molecule has 4 saturated carbocycles. The van der Waals surface area contributed by atoms with Crippen LogP contribution in [0.25, 0.3) is 0 Å². The van der Waals surface area contributed by atoms with E-state index in [9.17, 15) is 61.0 Å². The van der Waals surface area contributed by atoms with E-state index >= 15 is 0 Å². The smallest absolute Gasteiger partial charge is 0.310 e. The number of aliphatic carboxylic acids is 1. The van der Waals surface area contributed by atoms with E-state index in [-0.39, 0.29) is 40.6 Å². The molecule has 11 N–H and O–H groups in total. The van der Waals surface area contributed by atoms with Crippen LogP contribution in [0.2, 0.25) is 0 Å². The van der Waals surface area contributed by atoms with Crippen molar-refractivity contribution in [3.8, 4) is 0 Å². The number of carboxylic acids is 1. The Morgan fingerprint density at radius 2 is 1.42 bits per heavy atom. The van der Waals surface area contributed by atoms with E-state index in [2.05, 4.69) is 26.8 Å². The lowest BCUT2D eigenvalue weighted by Gasteiger charge is -2.71. The van der Waals surface area contributed by atoms with Gasteiger partial charge in [0.05, 0.1) is 43.0 Å². The number of aliphatic hydroxyl groups is 10. The molecule has 0 amide bonds. The monoisotopic (exact) mass is 914 g/mol. The first-order chi connectivity index (χ1) is 29.9. The van der Waals surface area contributed by atoms with Crippen LogP contribution >= 0.6 is 0 Å². The van der Waals surface area contributed by atoms with Gasteiger partial charge >= 0.3 is 5.97 Å². The van der Waals surface area contributed by atoms with Crippen LogP contribution in [0.4, 0.5) is 0 Å². The van der Waals surface area contributed by atoms with Gasteiger partial charge in [0.1, 0.15) is 61.0 Å². The summed E-state index contributed by atoms with van der Waals surface area (Å²) in [5, 5.41) is 120. The highest BCUT2D eigenvalue weighted by molar-refractivity contribution is 5.76. The second kappa shape index (κ2) is 17.2. The van der Waals surface area contributed by atoms with Crippen LogP contribution in [-0.2, 0) is 33.2 Å². The summed E-state index contributed by atoms with van der Waals surface area (Å²) < 4.78 is 36.5. The lowest BCUT2D eigenvalue weighted by Crippen LogP contribution is -2.67. The Labute approximate surface area is 374 Å². The minimum absolute atomic E-state index is 0.0913. The van der Waals surface area contributed by atoms with Crippen molar-refractivity contribution in [2.75, 3.05) is 19.8 Å². The van der Waals surface area contributed by atoms with Crippen LogP contribution in [0, 0.1) is 44.8 Å². The summed E-state index contributed by atoms with van der Waals surface area (Å²) in [6.45, 7) is 11.0. The molecule has 24 atom stereocenters. The molecule has 3 saturated heterocycles. The van der Waals surface area contributed by atoms with Gasteiger partial charge in [0, 0.05) is 5.41 Å². The first-order valence-electron chi connectivity index (χ1n) is 23.5. The fourth-order valence-electron chi connectivity index (χ4n) is 14.5. The van der Waals surface area contributed by atoms with Gasteiger partial charge in [0.25, 0.3) is 0 Å². The van der Waals surface area contributed by atoms with Crippen LogP contribution in [-0.4, -0.2) is 180 Å². The fraction of sp³-hybridized carbons (Fsp3) is 0.935. The van der Waals surface area contributed by atoms with Crippen molar-refractivity contribution in [2.24, 2.45) is 44.8 Å². The highest BCUT2D eigenvalue weighted by Crippen LogP contribution is 2.75. The number of carbonyl (C=O) groups is 1. The number of allylic oxidation sites excluding steroid dienone is 2. The topological polar surface area (TPSA) is 295 Å². The summed E-state index contributed by atoms with van der Waals surface area (Å²) in [5.41, 5.74) is -2.47. The summed E-state index contributed by atoms with van der Waals surface area (Å²) >= 11 is 0. The van der Waals surface area contributed by atoms with Crippen molar-refractivity contribution < 1.29 is 89.4 Å². The van der Waals surface area contributed by atoms with E-state index in [4.69, 9.17) is 28.4 Å². The molecule has 366 valence electrons. The van der Waals surface area contributed by atoms with Crippen molar-refractivity contribution in [3.63, 3.8) is 0 Å². The zero-order valence-corrected chi connectivity index (χ0v) is 37.9. The second-order valence-electron chi connectivity index (χ2n) is 22.2. The van der Waals surface area contributed by atoms with Gasteiger partial charge in [-0.05, 0) is 112 Å². The summed E-state index contributed by atoms with van der Waals surface area (Å²) in [6, 6.07) is 0. The van der Waals surface area contributed by atoms with Gasteiger partial charge < -0.3 is 84.6 Å². The summed E-state index contributed by atoms with van der Waals surface area (Å²) in [5.74, 6) is -0.996.